The van der Waals surface area contributed by atoms with Gasteiger partial charge in [-0.25, -0.2) is 14.0 Å². The molecule has 2 amide bonds. The van der Waals surface area contributed by atoms with Gasteiger partial charge in [0.05, 0.1) is 12.1 Å². The minimum Gasteiger partial charge on any atom is -0.445 e. The number of amides is 2. The Morgan fingerprint density at radius 2 is 1.93 bits per heavy atom. The number of alkyl halides is 1. The third-order valence-electron chi connectivity index (χ3n) is 4.94. The molecule has 0 spiro atoms. The first kappa shape index (κ1) is 19.5. The topological polar surface area (TPSA) is 67.9 Å². The number of rotatable bonds is 3. The highest BCUT2D eigenvalue weighted by Crippen LogP contribution is 2.38. The van der Waals surface area contributed by atoms with Crippen molar-refractivity contribution in [3.8, 4) is 0 Å². The zero-order valence-electron chi connectivity index (χ0n) is 16.0. The number of nitrogens with one attached hydrogen (secondary N) is 1. The molecule has 2 aliphatic rings. The molecule has 0 unspecified atom stereocenters. The number of hydrogen-bond acceptors (Lipinski definition) is 4. The van der Waals surface area contributed by atoms with Crippen LogP contribution >= 0.6 is 0 Å². The Bertz CT molecular complexity index is 676. The van der Waals surface area contributed by atoms with Gasteiger partial charge in [-0.3, -0.25) is 4.90 Å². The standard InChI is InChI=1S/C20H27FN2O4/c1-20(2,3)27-19(25)23-14-9-10-16(23)17(21)15(11-14)22-18(24)26-12-13-7-5-4-6-8-13/h4-8,14-17H,9-12H2,1-3H3,(H,22,24)/t14-,15-,16+,17-/m1/s1. The molecule has 0 aliphatic carbocycles. The molecule has 0 aromatic heterocycles. The number of carbonyl (C=O) groups is 2. The van der Waals surface area contributed by atoms with Crippen LogP contribution in [0.3, 0.4) is 0 Å². The average Bonchev–Trinajstić information content (AvgIpc) is 2.95. The van der Waals surface area contributed by atoms with E-state index >= 15 is 0 Å². The van der Waals surface area contributed by atoms with Crippen molar-refractivity contribution < 1.29 is 23.5 Å². The molecule has 2 saturated heterocycles. The summed E-state index contributed by atoms with van der Waals surface area (Å²) < 4.78 is 25.6. The van der Waals surface area contributed by atoms with Crippen molar-refractivity contribution in [2.45, 2.75) is 76.5 Å². The zero-order valence-corrected chi connectivity index (χ0v) is 16.0. The quantitative estimate of drug-likeness (QED) is 0.869. The number of fused-ring (bicyclic) bond motifs is 2. The van der Waals surface area contributed by atoms with Gasteiger partial charge in [0.25, 0.3) is 0 Å². The first-order chi connectivity index (χ1) is 12.7. The Morgan fingerprint density at radius 1 is 1.22 bits per heavy atom. The van der Waals surface area contributed by atoms with Crippen molar-refractivity contribution in [1.29, 1.82) is 0 Å². The van der Waals surface area contributed by atoms with E-state index in [2.05, 4.69) is 5.32 Å². The van der Waals surface area contributed by atoms with E-state index in [0.717, 1.165) is 5.56 Å². The molecule has 7 heteroatoms. The largest absolute Gasteiger partial charge is 0.445 e. The van der Waals surface area contributed by atoms with Gasteiger partial charge in [-0.15, -0.1) is 0 Å². The fourth-order valence-corrected chi connectivity index (χ4v) is 3.80. The summed E-state index contributed by atoms with van der Waals surface area (Å²) in [4.78, 5) is 26.0. The van der Waals surface area contributed by atoms with Gasteiger partial charge < -0.3 is 14.8 Å². The molecule has 2 bridgehead atoms. The maximum atomic E-state index is 15.0. The number of alkyl carbamates (subject to hydrolysis) is 1. The summed E-state index contributed by atoms with van der Waals surface area (Å²) in [6.07, 6.45) is -0.832. The van der Waals surface area contributed by atoms with Crippen LogP contribution in [0.2, 0.25) is 0 Å². The number of piperidine rings is 1. The van der Waals surface area contributed by atoms with E-state index in [1.807, 2.05) is 30.3 Å². The number of benzene rings is 1. The predicted molar refractivity (Wildman–Crippen MR) is 97.9 cm³/mol. The molecule has 3 rings (SSSR count). The summed E-state index contributed by atoms with van der Waals surface area (Å²) in [7, 11) is 0. The molecular formula is C20H27FN2O4. The van der Waals surface area contributed by atoms with Gasteiger partial charge in [-0.05, 0) is 45.6 Å². The Balaban J connectivity index is 1.56. The molecule has 27 heavy (non-hydrogen) atoms. The van der Waals surface area contributed by atoms with E-state index in [4.69, 9.17) is 9.47 Å². The predicted octanol–water partition coefficient (Wildman–Crippen LogP) is 3.79. The lowest BCUT2D eigenvalue weighted by molar-refractivity contribution is -0.0133. The summed E-state index contributed by atoms with van der Waals surface area (Å²) in [5.41, 5.74) is 0.239. The van der Waals surface area contributed by atoms with E-state index in [-0.39, 0.29) is 12.6 Å². The number of halogens is 1. The highest BCUT2D eigenvalue weighted by Gasteiger charge is 2.51. The summed E-state index contributed by atoms with van der Waals surface area (Å²) >= 11 is 0. The second-order valence-electron chi connectivity index (χ2n) is 8.18. The molecular weight excluding hydrogens is 351 g/mol. The lowest BCUT2D eigenvalue weighted by atomic mass is 9.96. The molecule has 1 aromatic rings. The number of carbonyl (C=O) groups excluding carboxylic acids is 2. The van der Waals surface area contributed by atoms with E-state index < -0.39 is 36.0 Å². The van der Waals surface area contributed by atoms with E-state index in [9.17, 15) is 14.0 Å². The van der Waals surface area contributed by atoms with Crippen molar-refractivity contribution in [3.05, 3.63) is 35.9 Å². The molecule has 2 fully saturated rings. The minimum absolute atomic E-state index is 0.128. The van der Waals surface area contributed by atoms with E-state index in [1.54, 1.807) is 20.8 Å². The SMILES string of the molecule is CC(C)(C)OC(=O)N1[C@@H]2CC[C@H]1[C@H](F)[C@H](NC(=O)OCc1ccccc1)C2. The third kappa shape index (κ3) is 4.70. The number of ether oxygens (including phenoxy) is 2. The van der Waals surface area contributed by atoms with Crippen LogP contribution in [0, 0.1) is 0 Å². The van der Waals surface area contributed by atoms with Crippen LogP contribution in [0.1, 0.15) is 45.6 Å². The molecule has 2 aliphatic heterocycles. The maximum absolute atomic E-state index is 15.0. The van der Waals surface area contributed by atoms with Gasteiger partial charge in [0.1, 0.15) is 18.4 Å². The Morgan fingerprint density at radius 3 is 2.59 bits per heavy atom. The molecule has 4 atom stereocenters. The smallest absolute Gasteiger partial charge is 0.410 e. The van der Waals surface area contributed by atoms with Crippen LogP contribution in [0.5, 0.6) is 0 Å². The van der Waals surface area contributed by atoms with Gasteiger partial charge >= 0.3 is 12.2 Å². The number of nitrogens with zero attached hydrogens (tertiary/aromatic N) is 1. The Labute approximate surface area is 159 Å². The third-order valence-corrected chi connectivity index (χ3v) is 4.94. The van der Waals surface area contributed by atoms with Crippen LogP contribution in [-0.2, 0) is 16.1 Å². The summed E-state index contributed by atoms with van der Waals surface area (Å²) in [5.74, 6) is 0. The van der Waals surface area contributed by atoms with Gasteiger partial charge in [0.15, 0.2) is 0 Å². The maximum Gasteiger partial charge on any atom is 0.410 e. The Kier molecular flexibility index (Phi) is 5.58. The highest BCUT2D eigenvalue weighted by atomic mass is 19.1. The summed E-state index contributed by atoms with van der Waals surface area (Å²) in [5, 5.41) is 2.63. The summed E-state index contributed by atoms with van der Waals surface area (Å²) in [6, 6.07) is 7.94. The van der Waals surface area contributed by atoms with E-state index in [1.165, 1.54) is 4.90 Å². The van der Waals surface area contributed by atoms with Crippen molar-refractivity contribution in [2.75, 3.05) is 0 Å². The van der Waals surface area contributed by atoms with Crippen LogP contribution in [0.15, 0.2) is 30.3 Å². The monoisotopic (exact) mass is 378 g/mol. The summed E-state index contributed by atoms with van der Waals surface area (Å²) in [6.45, 7) is 5.50. The molecule has 0 radical (unpaired) electrons. The van der Waals surface area contributed by atoms with Gasteiger partial charge in [-0.1, -0.05) is 30.3 Å². The van der Waals surface area contributed by atoms with Gasteiger partial charge in [0, 0.05) is 6.04 Å². The molecule has 6 nitrogen and oxygen atoms in total. The molecule has 0 saturated carbocycles. The van der Waals surface area contributed by atoms with Crippen molar-refractivity contribution in [1.82, 2.24) is 10.2 Å². The second-order valence-corrected chi connectivity index (χ2v) is 8.18. The number of hydrogen-bond donors (Lipinski definition) is 1. The second kappa shape index (κ2) is 7.74. The minimum atomic E-state index is -1.35. The van der Waals surface area contributed by atoms with Crippen molar-refractivity contribution >= 4 is 12.2 Å². The van der Waals surface area contributed by atoms with Crippen molar-refractivity contribution in [2.24, 2.45) is 0 Å². The average molecular weight is 378 g/mol. The van der Waals surface area contributed by atoms with Crippen LogP contribution in [0.4, 0.5) is 14.0 Å². The van der Waals surface area contributed by atoms with Crippen LogP contribution < -0.4 is 5.32 Å². The fraction of sp³-hybridized carbons (Fsp3) is 0.600. The van der Waals surface area contributed by atoms with Crippen LogP contribution in [0.25, 0.3) is 0 Å². The van der Waals surface area contributed by atoms with E-state index in [0.29, 0.717) is 19.3 Å². The van der Waals surface area contributed by atoms with Crippen molar-refractivity contribution in [3.63, 3.8) is 0 Å². The zero-order chi connectivity index (χ0) is 19.6. The Hall–Kier alpha value is -2.31. The lowest BCUT2D eigenvalue weighted by Crippen LogP contribution is -2.60. The van der Waals surface area contributed by atoms with Crippen LogP contribution in [-0.4, -0.2) is 47.0 Å². The highest BCUT2D eigenvalue weighted by molar-refractivity contribution is 5.70. The fourth-order valence-electron chi connectivity index (χ4n) is 3.80. The molecule has 2 heterocycles. The lowest BCUT2D eigenvalue weighted by Gasteiger charge is -2.41. The normalized spacial score (nSPS) is 27.2. The van der Waals surface area contributed by atoms with Gasteiger partial charge in [0.2, 0.25) is 0 Å². The molecule has 148 valence electrons. The first-order valence-electron chi connectivity index (χ1n) is 9.37. The molecule has 1 aromatic carbocycles. The van der Waals surface area contributed by atoms with Gasteiger partial charge in [-0.2, -0.15) is 0 Å². The first-order valence-corrected chi connectivity index (χ1v) is 9.37. The molecule has 1 N–H and O–H groups in total.